The number of β-amino-alcohol motifs (C(OH)–C–C–N with tert-alkyl or cyclic N) is 1. The zero-order chi connectivity index (χ0) is 17.8. The van der Waals surface area contributed by atoms with Crippen LogP contribution in [-0.2, 0) is 6.54 Å². The molecule has 0 amide bonds. The molecule has 2 aromatic rings. The van der Waals surface area contributed by atoms with E-state index in [0.29, 0.717) is 12.5 Å². The number of aliphatic hydroxyl groups is 1. The maximum absolute atomic E-state index is 10.5. The lowest BCUT2D eigenvalue weighted by Gasteiger charge is -2.35. The van der Waals surface area contributed by atoms with Crippen LogP contribution in [0.4, 0.5) is 0 Å². The van der Waals surface area contributed by atoms with Crippen molar-refractivity contribution in [2.45, 2.75) is 51.9 Å². The Morgan fingerprint density at radius 3 is 2.76 bits per heavy atom. The number of piperidine rings is 1. The first kappa shape index (κ1) is 17.9. The Morgan fingerprint density at radius 1 is 1.24 bits per heavy atom. The Bertz CT molecular complexity index is 702. The first-order valence-corrected chi connectivity index (χ1v) is 9.11. The molecule has 2 heterocycles. The van der Waals surface area contributed by atoms with Crippen LogP contribution in [0.25, 0.3) is 0 Å². The molecule has 25 heavy (non-hydrogen) atoms. The molecule has 1 saturated heterocycles. The van der Waals surface area contributed by atoms with Crippen molar-refractivity contribution in [2.75, 3.05) is 13.1 Å². The van der Waals surface area contributed by atoms with Gasteiger partial charge in [0, 0.05) is 25.3 Å². The summed E-state index contributed by atoms with van der Waals surface area (Å²) < 4.78 is 6.08. The molecule has 1 fully saturated rings. The molecule has 0 aliphatic carbocycles. The van der Waals surface area contributed by atoms with Crippen LogP contribution in [0.2, 0.25) is 0 Å². The first-order chi connectivity index (χ1) is 12.0. The lowest BCUT2D eigenvalue weighted by molar-refractivity contribution is -0.0278. The van der Waals surface area contributed by atoms with Crippen LogP contribution in [0, 0.1) is 6.92 Å². The van der Waals surface area contributed by atoms with E-state index < -0.39 is 6.10 Å². The molecular weight excluding hydrogens is 312 g/mol. The molecule has 0 saturated carbocycles. The number of ether oxygens (including phenoxy) is 1. The number of aliphatic hydroxyl groups excluding tert-OH is 1. The molecule has 1 aliphatic rings. The summed E-state index contributed by atoms with van der Waals surface area (Å²) in [7, 11) is 0. The standard InChI is InChI=1S/C21H28N2O2/c1-15(2)17-7-5-9-19(12-17)25-21-10-11-23(14-20(21)24)13-18-8-4-6-16(3)22-18/h4-9,12,15,20-21,24H,10-11,13-14H2,1-3H3/t20-,21-/m1/s1. The minimum Gasteiger partial charge on any atom is -0.488 e. The molecule has 4 heteroatoms. The van der Waals surface area contributed by atoms with E-state index in [0.717, 1.165) is 36.6 Å². The van der Waals surface area contributed by atoms with Gasteiger partial charge in [-0.2, -0.15) is 0 Å². The van der Waals surface area contributed by atoms with Gasteiger partial charge in [-0.05, 0) is 49.1 Å². The molecule has 1 aromatic carbocycles. The largest absolute Gasteiger partial charge is 0.488 e. The number of hydrogen-bond acceptors (Lipinski definition) is 4. The normalized spacial score (nSPS) is 21.5. The molecule has 4 nitrogen and oxygen atoms in total. The van der Waals surface area contributed by atoms with E-state index in [1.54, 1.807) is 0 Å². The highest BCUT2D eigenvalue weighted by Crippen LogP contribution is 2.24. The number of benzene rings is 1. The van der Waals surface area contributed by atoms with Crippen LogP contribution in [0.15, 0.2) is 42.5 Å². The van der Waals surface area contributed by atoms with E-state index in [2.05, 4.69) is 35.9 Å². The summed E-state index contributed by atoms with van der Waals surface area (Å²) in [5.74, 6) is 1.32. The SMILES string of the molecule is Cc1cccc(CN2CC[C@@H](Oc3cccc(C(C)C)c3)[C@H](O)C2)n1. The number of aromatic nitrogens is 1. The van der Waals surface area contributed by atoms with Crippen LogP contribution in [0.3, 0.4) is 0 Å². The smallest absolute Gasteiger partial charge is 0.127 e. The van der Waals surface area contributed by atoms with Crippen molar-refractivity contribution in [3.63, 3.8) is 0 Å². The number of aryl methyl sites for hydroxylation is 1. The fourth-order valence-electron chi connectivity index (χ4n) is 3.30. The van der Waals surface area contributed by atoms with Gasteiger partial charge in [0.05, 0.1) is 5.69 Å². The molecule has 0 unspecified atom stereocenters. The molecule has 0 spiro atoms. The second kappa shape index (κ2) is 7.98. The average Bonchev–Trinajstić information content (AvgIpc) is 2.58. The molecule has 2 atom stereocenters. The Labute approximate surface area is 150 Å². The minimum atomic E-state index is -0.485. The third-order valence-corrected chi connectivity index (χ3v) is 4.75. The number of pyridine rings is 1. The van der Waals surface area contributed by atoms with E-state index in [-0.39, 0.29) is 6.10 Å². The van der Waals surface area contributed by atoms with Crippen molar-refractivity contribution < 1.29 is 9.84 Å². The third kappa shape index (κ3) is 4.80. The Kier molecular flexibility index (Phi) is 5.71. The van der Waals surface area contributed by atoms with E-state index in [1.807, 2.05) is 37.3 Å². The van der Waals surface area contributed by atoms with Gasteiger partial charge in [-0.1, -0.05) is 32.0 Å². The van der Waals surface area contributed by atoms with Gasteiger partial charge in [0.2, 0.25) is 0 Å². The van der Waals surface area contributed by atoms with E-state index in [4.69, 9.17) is 4.74 Å². The molecule has 134 valence electrons. The van der Waals surface area contributed by atoms with E-state index >= 15 is 0 Å². The van der Waals surface area contributed by atoms with Crippen LogP contribution in [0.5, 0.6) is 5.75 Å². The van der Waals surface area contributed by atoms with Crippen molar-refractivity contribution in [1.82, 2.24) is 9.88 Å². The predicted molar refractivity (Wildman–Crippen MR) is 99.8 cm³/mol. The average molecular weight is 340 g/mol. The molecule has 0 radical (unpaired) electrons. The summed E-state index contributed by atoms with van der Waals surface area (Å²) in [5, 5.41) is 10.5. The van der Waals surface area contributed by atoms with Gasteiger partial charge in [0.15, 0.2) is 0 Å². The van der Waals surface area contributed by atoms with Crippen LogP contribution < -0.4 is 4.74 Å². The molecule has 1 aromatic heterocycles. The van der Waals surface area contributed by atoms with E-state index in [1.165, 1.54) is 5.56 Å². The molecule has 0 bridgehead atoms. The number of rotatable bonds is 5. The monoisotopic (exact) mass is 340 g/mol. The maximum atomic E-state index is 10.5. The zero-order valence-corrected chi connectivity index (χ0v) is 15.4. The van der Waals surface area contributed by atoms with Gasteiger partial charge in [-0.25, -0.2) is 0 Å². The highest BCUT2D eigenvalue weighted by Gasteiger charge is 2.29. The predicted octanol–water partition coefficient (Wildman–Crippen LogP) is 3.53. The second-order valence-corrected chi connectivity index (χ2v) is 7.24. The minimum absolute atomic E-state index is 0.149. The third-order valence-electron chi connectivity index (χ3n) is 4.75. The molecule has 1 N–H and O–H groups in total. The van der Waals surface area contributed by atoms with Crippen molar-refractivity contribution in [3.05, 3.63) is 59.4 Å². The van der Waals surface area contributed by atoms with Gasteiger partial charge >= 0.3 is 0 Å². The summed E-state index contributed by atoms with van der Waals surface area (Å²) in [6, 6.07) is 14.3. The Balaban J connectivity index is 1.57. The lowest BCUT2D eigenvalue weighted by Crippen LogP contribution is -2.48. The van der Waals surface area contributed by atoms with Crippen LogP contribution in [0.1, 0.15) is 43.1 Å². The summed E-state index contributed by atoms with van der Waals surface area (Å²) >= 11 is 0. The van der Waals surface area contributed by atoms with Crippen molar-refractivity contribution in [2.24, 2.45) is 0 Å². The summed E-state index contributed by atoms with van der Waals surface area (Å²) in [5.41, 5.74) is 3.34. The van der Waals surface area contributed by atoms with Crippen molar-refractivity contribution >= 4 is 0 Å². The van der Waals surface area contributed by atoms with Gasteiger partial charge < -0.3 is 9.84 Å². The highest BCUT2D eigenvalue weighted by molar-refractivity contribution is 5.30. The summed E-state index contributed by atoms with van der Waals surface area (Å²) in [4.78, 5) is 6.80. The van der Waals surface area contributed by atoms with Crippen LogP contribution >= 0.6 is 0 Å². The quantitative estimate of drug-likeness (QED) is 0.904. The molecule has 1 aliphatic heterocycles. The Morgan fingerprint density at radius 2 is 2.04 bits per heavy atom. The molecular formula is C21H28N2O2. The summed E-state index contributed by atoms with van der Waals surface area (Å²) in [6.07, 6.45) is 0.184. The highest BCUT2D eigenvalue weighted by atomic mass is 16.5. The maximum Gasteiger partial charge on any atom is 0.127 e. The lowest BCUT2D eigenvalue weighted by atomic mass is 10.0. The summed E-state index contributed by atoms with van der Waals surface area (Å²) in [6.45, 7) is 8.64. The van der Waals surface area contributed by atoms with Gasteiger partial charge in [-0.3, -0.25) is 9.88 Å². The zero-order valence-electron chi connectivity index (χ0n) is 15.4. The van der Waals surface area contributed by atoms with Crippen molar-refractivity contribution in [1.29, 1.82) is 0 Å². The second-order valence-electron chi connectivity index (χ2n) is 7.24. The van der Waals surface area contributed by atoms with Crippen LogP contribution in [-0.4, -0.2) is 40.3 Å². The topological polar surface area (TPSA) is 45.6 Å². The molecule has 3 rings (SSSR count). The van der Waals surface area contributed by atoms with Gasteiger partial charge in [-0.15, -0.1) is 0 Å². The first-order valence-electron chi connectivity index (χ1n) is 9.11. The Hall–Kier alpha value is -1.91. The van der Waals surface area contributed by atoms with Gasteiger partial charge in [0.25, 0.3) is 0 Å². The fraction of sp³-hybridized carbons (Fsp3) is 0.476. The number of nitrogens with zero attached hydrogens (tertiary/aromatic N) is 2. The fourth-order valence-corrected chi connectivity index (χ4v) is 3.30. The van der Waals surface area contributed by atoms with Gasteiger partial charge in [0.1, 0.15) is 18.0 Å². The number of hydrogen-bond donors (Lipinski definition) is 1. The van der Waals surface area contributed by atoms with E-state index in [9.17, 15) is 5.11 Å². The number of likely N-dealkylation sites (tertiary alicyclic amines) is 1. The van der Waals surface area contributed by atoms with Crippen molar-refractivity contribution in [3.8, 4) is 5.75 Å².